The van der Waals surface area contributed by atoms with Gasteiger partial charge in [-0.05, 0) is 85.0 Å². The summed E-state index contributed by atoms with van der Waals surface area (Å²) in [6, 6.07) is 26.1. The number of benzene rings is 4. The summed E-state index contributed by atoms with van der Waals surface area (Å²) in [5.41, 5.74) is 7.63. The van der Waals surface area contributed by atoms with Crippen molar-refractivity contribution < 1.29 is 24.2 Å². The van der Waals surface area contributed by atoms with Gasteiger partial charge < -0.3 is 28.9 Å². The Morgan fingerprint density at radius 1 is 0.962 bits per heavy atom. The molecular weight excluding hydrogens is 688 g/mol. The Morgan fingerprint density at radius 2 is 1.66 bits per heavy atom. The van der Waals surface area contributed by atoms with Crippen molar-refractivity contribution in [3.63, 3.8) is 0 Å². The number of fused-ring (bicyclic) bond motifs is 1. The number of rotatable bonds is 9. The van der Waals surface area contributed by atoms with Crippen LogP contribution in [-0.2, 0) is 31.3 Å². The minimum atomic E-state index is -0.250. The molecule has 1 aromatic heterocycles. The summed E-state index contributed by atoms with van der Waals surface area (Å²) in [4.78, 5) is 36.3. The third kappa shape index (κ3) is 7.42. The minimum absolute atomic E-state index is 0.0629. The first kappa shape index (κ1) is 36.3. The SMILES string of the molecule is COc1ccccc1CN(C(=O)c1c(-c2c(C)cc(Cl)cc2C(=O)N2Cc3ccccc3C[C@H]2CN2CCOCC2)cn(C)c1C)c1ccc(O)cc1. The van der Waals surface area contributed by atoms with E-state index < -0.39 is 0 Å². The molecule has 2 aliphatic heterocycles. The van der Waals surface area contributed by atoms with E-state index in [0.717, 1.165) is 48.4 Å². The monoisotopic (exact) mass is 732 g/mol. The number of phenols is 1. The van der Waals surface area contributed by atoms with Gasteiger partial charge in [0.05, 0.1) is 32.4 Å². The molecule has 274 valence electrons. The van der Waals surface area contributed by atoms with Crippen LogP contribution in [-0.4, -0.2) is 77.3 Å². The molecule has 1 atom stereocenters. The number of phenolic OH excluding ortho intramolecular Hbond substituents is 1. The Hall–Kier alpha value is -5.09. The number of hydrogen-bond donors (Lipinski definition) is 1. The highest BCUT2D eigenvalue weighted by Gasteiger charge is 2.35. The van der Waals surface area contributed by atoms with Crippen molar-refractivity contribution in [3.8, 4) is 22.6 Å². The van der Waals surface area contributed by atoms with E-state index >= 15 is 9.59 Å². The molecule has 2 amide bonds. The van der Waals surface area contributed by atoms with Crippen molar-refractivity contribution in [2.75, 3.05) is 44.9 Å². The van der Waals surface area contributed by atoms with Crippen LogP contribution in [0.2, 0.25) is 5.02 Å². The Balaban J connectivity index is 1.33. The van der Waals surface area contributed by atoms with Gasteiger partial charge in [-0.2, -0.15) is 0 Å². The fraction of sp³-hybridized carbons (Fsp3) is 0.302. The van der Waals surface area contributed by atoms with Gasteiger partial charge in [-0.1, -0.05) is 54.1 Å². The third-order valence-corrected chi connectivity index (χ3v) is 10.8. The number of amides is 2. The smallest absolute Gasteiger partial charge is 0.261 e. The lowest BCUT2D eigenvalue weighted by atomic mass is 9.89. The zero-order chi connectivity index (χ0) is 37.2. The Labute approximate surface area is 315 Å². The quantitative estimate of drug-likeness (QED) is 0.170. The van der Waals surface area contributed by atoms with Crippen LogP contribution >= 0.6 is 11.6 Å². The first-order chi connectivity index (χ1) is 25.6. The Bertz CT molecular complexity index is 2140. The normalized spacial score (nSPS) is 15.9. The second kappa shape index (κ2) is 15.5. The number of morpholine rings is 1. The van der Waals surface area contributed by atoms with Crippen LogP contribution in [0.3, 0.4) is 0 Å². The van der Waals surface area contributed by atoms with Crippen molar-refractivity contribution in [3.05, 3.63) is 135 Å². The number of aryl methyl sites for hydroxylation is 2. The van der Waals surface area contributed by atoms with Crippen molar-refractivity contribution in [2.24, 2.45) is 7.05 Å². The number of methoxy groups -OCH3 is 1. The maximum absolute atomic E-state index is 15.1. The molecule has 10 heteroatoms. The molecule has 1 N–H and O–H groups in total. The standard InChI is InChI=1S/C43H45ClN4O5/c1-28-21-33(44)23-37(42(50)48-24-31-10-6-5-9-30(31)22-35(48)26-46-17-19-53-20-18-46)40(28)38-27-45(3)29(2)41(38)43(51)47(34-13-15-36(49)16-14-34)25-32-11-7-8-12-39(32)52-4/h5-16,21,23,27,35,49H,17-20,22,24-26H2,1-4H3/t35-/m0/s1. The van der Waals surface area contributed by atoms with E-state index in [-0.39, 0.29) is 30.2 Å². The number of aromatic nitrogens is 1. The second-order valence-electron chi connectivity index (χ2n) is 14.0. The molecule has 0 spiro atoms. The highest BCUT2D eigenvalue weighted by atomic mass is 35.5. The number of aromatic hydroxyl groups is 1. The molecule has 53 heavy (non-hydrogen) atoms. The molecule has 5 aromatic rings. The Kier molecular flexibility index (Phi) is 10.6. The predicted octanol–water partition coefficient (Wildman–Crippen LogP) is 7.42. The fourth-order valence-electron chi connectivity index (χ4n) is 7.73. The van der Waals surface area contributed by atoms with E-state index in [1.165, 1.54) is 5.56 Å². The molecule has 9 nitrogen and oxygen atoms in total. The number of anilines is 1. The van der Waals surface area contributed by atoms with Gasteiger partial charge in [0.2, 0.25) is 0 Å². The van der Waals surface area contributed by atoms with Crippen LogP contribution in [0, 0.1) is 13.8 Å². The van der Waals surface area contributed by atoms with Gasteiger partial charge in [-0.3, -0.25) is 14.5 Å². The van der Waals surface area contributed by atoms with E-state index in [1.54, 1.807) is 42.3 Å². The van der Waals surface area contributed by atoms with Gasteiger partial charge in [0.1, 0.15) is 11.5 Å². The van der Waals surface area contributed by atoms with E-state index in [1.807, 2.05) is 73.0 Å². The molecule has 0 aliphatic carbocycles. The summed E-state index contributed by atoms with van der Waals surface area (Å²) < 4.78 is 13.2. The summed E-state index contributed by atoms with van der Waals surface area (Å²) in [6.07, 6.45) is 2.68. The summed E-state index contributed by atoms with van der Waals surface area (Å²) in [6.45, 7) is 8.28. The molecule has 2 aliphatic rings. The first-order valence-electron chi connectivity index (χ1n) is 18.0. The van der Waals surface area contributed by atoms with Crippen molar-refractivity contribution >= 4 is 29.1 Å². The van der Waals surface area contributed by atoms with Gasteiger partial charge in [0, 0.05) is 78.6 Å². The number of carbonyl (C=O) groups excluding carboxylic acids is 2. The lowest BCUT2D eigenvalue weighted by molar-refractivity contribution is 0.0193. The van der Waals surface area contributed by atoms with Crippen LogP contribution in [0.1, 0.15) is 48.7 Å². The van der Waals surface area contributed by atoms with E-state index in [2.05, 4.69) is 23.1 Å². The van der Waals surface area contributed by atoms with Crippen molar-refractivity contribution in [1.82, 2.24) is 14.4 Å². The molecule has 0 unspecified atom stereocenters. The van der Waals surface area contributed by atoms with E-state index in [0.29, 0.717) is 58.5 Å². The number of carbonyl (C=O) groups is 2. The molecule has 1 fully saturated rings. The van der Waals surface area contributed by atoms with Crippen LogP contribution in [0.25, 0.3) is 11.1 Å². The summed E-state index contributed by atoms with van der Waals surface area (Å²) >= 11 is 6.76. The van der Waals surface area contributed by atoms with E-state index in [9.17, 15) is 5.11 Å². The summed E-state index contributed by atoms with van der Waals surface area (Å²) in [5.74, 6) is 0.384. The average molecular weight is 733 g/mol. The van der Waals surface area contributed by atoms with Crippen LogP contribution in [0.5, 0.6) is 11.5 Å². The van der Waals surface area contributed by atoms with Crippen LogP contribution in [0.4, 0.5) is 5.69 Å². The second-order valence-corrected chi connectivity index (χ2v) is 14.4. The summed E-state index contributed by atoms with van der Waals surface area (Å²) in [5, 5.41) is 10.6. The minimum Gasteiger partial charge on any atom is -0.508 e. The lowest BCUT2D eigenvalue weighted by Gasteiger charge is -2.40. The molecule has 4 aromatic carbocycles. The largest absolute Gasteiger partial charge is 0.508 e. The van der Waals surface area contributed by atoms with Gasteiger partial charge >= 0.3 is 0 Å². The molecule has 0 bridgehead atoms. The molecule has 0 saturated carbocycles. The highest BCUT2D eigenvalue weighted by Crippen LogP contribution is 2.39. The van der Waals surface area contributed by atoms with Crippen LogP contribution < -0.4 is 9.64 Å². The van der Waals surface area contributed by atoms with E-state index in [4.69, 9.17) is 21.1 Å². The molecule has 1 saturated heterocycles. The van der Waals surface area contributed by atoms with Crippen molar-refractivity contribution in [1.29, 1.82) is 0 Å². The fourth-order valence-corrected chi connectivity index (χ4v) is 8.00. The summed E-state index contributed by atoms with van der Waals surface area (Å²) in [7, 11) is 3.52. The third-order valence-electron chi connectivity index (χ3n) is 10.6. The average Bonchev–Trinajstić information content (AvgIpc) is 3.46. The predicted molar refractivity (Wildman–Crippen MR) is 208 cm³/mol. The number of hydrogen-bond acceptors (Lipinski definition) is 6. The van der Waals surface area contributed by atoms with Crippen LogP contribution in [0.15, 0.2) is 91.1 Å². The van der Waals surface area contributed by atoms with Gasteiger partial charge in [0.15, 0.2) is 0 Å². The maximum Gasteiger partial charge on any atom is 0.261 e. The first-order valence-corrected chi connectivity index (χ1v) is 18.4. The van der Waals surface area contributed by atoms with Gasteiger partial charge in [-0.25, -0.2) is 0 Å². The molecular formula is C43H45ClN4O5. The molecule has 3 heterocycles. The number of para-hydroxylation sites is 1. The maximum atomic E-state index is 15.1. The highest BCUT2D eigenvalue weighted by molar-refractivity contribution is 6.31. The zero-order valence-electron chi connectivity index (χ0n) is 30.6. The Morgan fingerprint density at radius 3 is 2.40 bits per heavy atom. The molecule has 0 radical (unpaired) electrons. The number of halogens is 1. The number of ether oxygens (including phenoxy) is 2. The topological polar surface area (TPSA) is 87.5 Å². The van der Waals surface area contributed by atoms with Gasteiger partial charge in [0.25, 0.3) is 11.8 Å². The van der Waals surface area contributed by atoms with Gasteiger partial charge in [-0.15, -0.1) is 0 Å². The lowest BCUT2D eigenvalue weighted by Crippen LogP contribution is -2.52. The molecule has 7 rings (SSSR count). The van der Waals surface area contributed by atoms with Crippen molar-refractivity contribution in [2.45, 2.75) is 39.4 Å². The zero-order valence-corrected chi connectivity index (χ0v) is 31.4. The number of nitrogens with zero attached hydrogens (tertiary/aromatic N) is 4.